The van der Waals surface area contributed by atoms with Gasteiger partial charge in [-0.15, -0.1) is 21.5 Å². The van der Waals surface area contributed by atoms with Crippen LogP contribution in [0.2, 0.25) is 0 Å². The van der Waals surface area contributed by atoms with Gasteiger partial charge in [-0.25, -0.2) is 4.98 Å². The van der Waals surface area contributed by atoms with Gasteiger partial charge >= 0.3 is 0 Å². The Labute approximate surface area is 156 Å². The standard InChI is InChI=1S/C19H21N5OS/c1-14-18(26-13-20-14)19(25)23-10-9-17-22-21-16(24(17)12-11-23)8-7-15-5-3-2-4-6-15/h2-6,13H,7-12H2,1H3. The lowest BCUT2D eigenvalue weighted by Crippen LogP contribution is -2.33. The lowest BCUT2D eigenvalue weighted by molar-refractivity contribution is 0.0762. The molecule has 1 amide bonds. The van der Waals surface area contributed by atoms with Gasteiger partial charge in [0.2, 0.25) is 0 Å². The molecule has 0 saturated carbocycles. The summed E-state index contributed by atoms with van der Waals surface area (Å²) in [4.78, 5) is 19.6. The molecule has 1 aliphatic heterocycles. The molecular formula is C19H21N5OS. The zero-order valence-electron chi connectivity index (χ0n) is 14.8. The van der Waals surface area contributed by atoms with Crippen molar-refractivity contribution >= 4 is 17.2 Å². The summed E-state index contributed by atoms with van der Waals surface area (Å²) in [6, 6.07) is 10.4. The Hall–Kier alpha value is -2.54. The molecule has 1 aliphatic rings. The topological polar surface area (TPSA) is 63.9 Å². The maximum atomic E-state index is 12.8. The molecule has 0 fully saturated rings. The number of aromatic nitrogens is 4. The molecule has 0 N–H and O–H groups in total. The van der Waals surface area contributed by atoms with Crippen LogP contribution >= 0.6 is 11.3 Å². The number of carbonyl (C=O) groups excluding carboxylic acids is 1. The minimum absolute atomic E-state index is 0.0783. The quantitative estimate of drug-likeness (QED) is 0.711. The maximum absolute atomic E-state index is 12.8. The summed E-state index contributed by atoms with van der Waals surface area (Å²) in [5.74, 6) is 2.06. The fourth-order valence-corrected chi connectivity index (χ4v) is 4.09. The summed E-state index contributed by atoms with van der Waals surface area (Å²) in [6.45, 7) is 3.99. The van der Waals surface area contributed by atoms with Crippen LogP contribution in [0, 0.1) is 6.92 Å². The fraction of sp³-hybridized carbons (Fsp3) is 0.368. The van der Waals surface area contributed by atoms with E-state index in [1.54, 1.807) is 5.51 Å². The smallest absolute Gasteiger partial charge is 0.265 e. The largest absolute Gasteiger partial charge is 0.336 e. The monoisotopic (exact) mass is 367 g/mol. The van der Waals surface area contributed by atoms with Gasteiger partial charge in [0.05, 0.1) is 11.2 Å². The average molecular weight is 367 g/mol. The second kappa shape index (κ2) is 7.37. The summed E-state index contributed by atoms with van der Waals surface area (Å²) in [5, 5.41) is 8.76. The maximum Gasteiger partial charge on any atom is 0.265 e. The zero-order chi connectivity index (χ0) is 17.9. The fourth-order valence-electron chi connectivity index (χ4n) is 3.32. The van der Waals surface area contributed by atoms with Crippen LogP contribution in [0.15, 0.2) is 35.8 Å². The summed E-state index contributed by atoms with van der Waals surface area (Å²) in [7, 11) is 0. The van der Waals surface area contributed by atoms with Crippen LogP contribution in [-0.4, -0.2) is 43.6 Å². The molecule has 0 aliphatic carbocycles. The first-order chi connectivity index (χ1) is 12.7. The van der Waals surface area contributed by atoms with Gasteiger partial charge in [0.25, 0.3) is 5.91 Å². The van der Waals surface area contributed by atoms with Crippen LogP contribution in [0.1, 0.15) is 32.6 Å². The van der Waals surface area contributed by atoms with E-state index in [0.29, 0.717) is 13.1 Å². The molecule has 3 heterocycles. The highest BCUT2D eigenvalue weighted by Crippen LogP contribution is 2.18. The summed E-state index contributed by atoms with van der Waals surface area (Å²) >= 11 is 1.42. The van der Waals surface area contributed by atoms with Gasteiger partial charge in [0, 0.05) is 32.5 Å². The number of hydrogen-bond donors (Lipinski definition) is 0. The predicted octanol–water partition coefficient (Wildman–Crippen LogP) is 2.53. The molecule has 3 aromatic rings. The van der Waals surface area contributed by atoms with Gasteiger partial charge in [0.1, 0.15) is 16.5 Å². The highest BCUT2D eigenvalue weighted by molar-refractivity contribution is 7.11. The van der Waals surface area contributed by atoms with Crippen molar-refractivity contribution in [2.24, 2.45) is 0 Å². The zero-order valence-corrected chi connectivity index (χ0v) is 15.6. The highest BCUT2D eigenvalue weighted by atomic mass is 32.1. The summed E-state index contributed by atoms with van der Waals surface area (Å²) < 4.78 is 2.19. The third-order valence-electron chi connectivity index (χ3n) is 4.81. The van der Waals surface area contributed by atoms with Crippen molar-refractivity contribution in [2.45, 2.75) is 32.7 Å². The molecule has 7 heteroatoms. The molecule has 0 spiro atoms. The van der Waals surface area contributed by atoms with Crippen molar-refractivity contribution < 1.29 is 4.79 Å². The van der Waals surface area contributed by atoms with E-state index in [2.05, 4.69) is 44.0 Å². The number of nitrogens with zero attached hydrogens (tertiary/aromatic N) is 5. The van der Waals surface area contributed by atoms with Crippen molar-refractivity contribution in [2.75, 3.05) is 13.1 Å². The number of benzene rings is 1. The number of rotatable bonds is 4. The van der Waals surface area contributed by atoms with Crippen LogP contribution in [0.5, 0.6) is 0 Å². The Balaban J connectivity index is 1.44. The molecule has 0 radical (unpaired) electrons. The van der Waals surface area contributed by atoms with Gasteiger partial charge in [-0.2, -0.15) is 0 Å². The molecule has 1 aromatic carbocycles. The second-order valence-electron chi connectivity index (χ2n) is 6.48. The lowest BCUT2D eigenvalue weighted by atomic mass is 10.1. The van der Waals surface area contributed by atoms with Crippen LogP contribution in [-0.2, 0) is 25.8 Å². The lowest BCUT2D eigenvalue weighted by Gasteiger charge is -2.19. The normalized spacial score (nSPS) is 14.1. The van der Waals surface area contributed by atoms with E-state index < -0.39 is 0 Å². The van der Waals surface area contributed by atoms with E-state index >= 15 is 0 Å². The molecule has 0 atom stereocenters. The summed E-state index contributed by atoms with van der Waals surface area (Å²) in [5.41, 5.74) is 3.85. The summed E-state index contributed by atoms with van der Waals surface area (Å²) in [6.07, 6.45) is 2.54. The number of fused-ring (bicyclic) bond motifs is 1. The van der Waals surface area contributed by atoms with Gasteiger partial charge in [-0.1, -0.05) is 30.3 Å². The van der Waals surface area contributed by atoms with Gasteiger partial charge in [-0.05, 0) is 18.9 Å². The number of aryl methyl sites for hydroxylation is 3. The van der Waals surface area contributed by atoms with Gasteiger partial charge < -0.3 is 9.47 Å². The third-order valence-corrected chi connectivity index (χ3v) is 5.73. The van der Waals surface area contributed by atoms with Crippen molar-refractivity contribution in [3.8, 4) is 0 Å². The number of carbonyl (C=O) groups is 1. The molecule has 26 heavy (non-hydrogen) atoms. The Morgan fingerprint density at radius 1 is 1.12 bits per heavy atom. The minimum Gasteiger partial charge on any atom is -0.336 e. The number of hydrogen-bond acceptors (Lipinski definition) is 5. The highest BCUT2D eigenvalue weighted by Gasteiger charge is 2.24. The van der Waals surface area contributed by atoms with E-state index in [1.165, 1.54) is 16.9 Å². The first-order valence-corrected chi connectivity index (χ1v) is 9.74. The minimum atomic E-state index is 0.0783. The van der Waals surface area contributed by atoms with E-state index in [1.807, 2.05) is 17.9 Å². The molecule has 0 saturated heterocycles. The Morgan fingerprint density at radius 2 is 1.96 bits per heavy atom. The average Bonchev–Trinajstić information content (AvgIpc) is 3.20. The molecular weight excluding hydrogens is 346 g/mol. The van der Waals surface area contributed by atoms with Crippen molar-refractivity contribution in [3.05, 3.63) is 63.6 Å². The Bertz CT molecular complexity index is 902. The van der Waals surface area contributed by atoms with E-state index in [0.717, 1.165) is 48.0 Å². The Kier molecular flexibility index (Phi) is 4.79. The molecule has 6 nitrogen and oxygen atoms in total. The predicted molar refractivity (Wildman–Crippen MR) is 100 cm³/mol. The first-order valence-electron chi connectivity index (χ1n) is 8.86. The van der Waals surface area contributed by atoms with E-state index in [9.17, 15) is 4.79 Å². The van der Waals surface area contributed by atoms with Crippen LogP contribution in [0.25, 0.3) is 0 Å². The molecule has 2 aromatic heterocycles. The van der Waals surface area contributed by atoms with E-state index in [-0.39, 0.29) is 5.91 Å². The van der Waals surface area contributed by atoms with Crippen LogP contribution in [0.4, 0.5) is 0 Å². The van der Waals surface area contributed by atoms with E-state index in [4.69, 9.17) is 0 Å². The molecule has 0 bridgehead atoms. The van der Waals surface area contributed by atoms with Crippen LogP contribution in [0.3, 0.4) is 0 Å². The van der Waals surface area contributed by atoms with Gasteiger partial charge in [-0.3, -0.25) is 4.79 Å². The van der Waals surface area contributed by atoms with Crippen molar-refractivity contribution in [1.82, 2.24) is 24.6 Å². The van der Waals surface area contributed by atoms with Crippen LogP contribution < -0.4 is 0 Å². The first kappa shape index (κ1) is 16.9. The van der Waals surface area contributed by atoms with Crippen molar-refractivity contribution in [3.63, 3.8) is 0 Å². The van der Waals surface area contributed by atoms with Crippen molar-refractivity contribution in [1.29, 1.82) is 0 Å². The molecule has 0 unspecified atom stereocenters. The number of thiazole rings is 1. The SMILES string of the molecule is Cc1ncsc1C(=O)N1CCc2nnc(CCc3ccccc3)n2CC1. The number of amides is 1. The molecule has 134 valence electrons. The molecule has 4 rings (SSSR count). The Morgan fingerprint density at radius 3 is 2.73 bits per heavy atom. The third kappa shape index (κ3) is 3.39. The second-order valence-corrected chi connectivity index (χ2v) is 7.33. The van der Waals surface area contributed by atoms with Gasteiger partial charge in [0.15, 0.2) is 0 Å².